The highest BCUT2D eigenvalue weighted by molar-refractivity contribution is 5.23. The van der Waals surface area contributed by atoms with E-state index in [0.29, 0.717) is 11.5 Å². The van der Waals surface area contributed by atoms with E-state index in [4.69, 9.17) is 4.74 Å². The quantitative estimate of drug-likeness (QED) is 0.824. The Labute approximate surface area is 96.8 Å². The van der Waals surface area contributed by atoms with E-state index in [1.165, 1.54) is 24.9 Å². The van der Waals surface area contributed by atoms with Crippen molar-refractivity contribution in [1.82, 2.24) is 9.88 Å². The zero-order valence-corrected chi connectivity index (χ0v) is 9.91. The van der Waals surface area contributed by atoms with Gasteiger partial charge < -0.3 is 14.6 Å². The molecular formula is C13H20N2O. The van der Waals surface area contributed by atoms with Crippen LogP contribution in [0, 0.1) is 5.41 Å². The molecule has 2 aliphatic rings. The lowest BCUT2D eigenvalue weighted by atomic mass is 9.66. The van der Waals surface area contributed by atoms with Crippen molar-refractivity contribution in [2.75, 3.05) is 19.8 Å². The molecule has 0 unspecified atom stereocenters. The van der Waals surface area contributed by atoms with E-state index < -0.39 is 0 Å². The lowest BCUT2D eigenvalue weighted by Gasteiger charge is -2.52. The first-order chi connectivity index (χ1) is 7.84. The fraction of sp³-hybridized carbons (Fsp3) is 0.692. The number of nitrogens with zero attached hydrogens (tertiary/aromatic N) is 1. The predicted molar refractivity (Wildman–Crippen MR) is 63.3 cm³/mol. The summed E-state index contributed by atoms with van der Waals surface area (Å²) in [5.74, 6) is 0. The summed E-state index contributed by atoms with van der Waals surface area (Å²) < 4.78 is 7.73. The lowest BCUT2D eigenvalue weighted by molar-refractivity contribution is -0.0479. The average molecular weight is 220 g/mol. The van der Waals surface area contributed by atoms with Gasteiger partial charge in [-0.25, -0.2) is 0 Å². The van der Waals surface area contributed by atoms with Crippen LogP contribution in [0.1, 0.15) is 31.4 Å². The van der Waals surface area contributed by atoms with Crippen molar-refractivity contribution in [2.24, 2.45) is 5.41 Å². The Morgan fingerprint density at radius 3 is 2.88 bits per heavy atom. The molecule has 2 fully saturated rings. The van der Waals surface area contributed by atoms with E-state index in [9.17, 15) is 0 Å². The minimum Gasteiger partial charge on any atom is -0.381 e. The molecule has 3 heterocycles. The van der Waals surface area contributed by atoms with Crippen molar-refractivity contribution in [3.8, 4) is 0 Å². The van der Waals surface area contributed by atoms with Crippen LogP contribution in [0.2, 0.25) is 0 Å². The van der Waals surface area contributed by atoms with Crippen LogP contribution < -0.4 is 5.32 Å². The molecule has 0 saturated carbocycles. The van der Waals surface area contributed by atoms with Gasteiger partial charge in [0.25, 0.3) is 0 Å². The fourth-order valence-corrected chi connectivity index (χ4v) is 3.03. The normalized spacial score (nSPS) is 27.9. The molecule has 3 heteroatoms. The Bertz CT molecular complexity index is 366. The summed E-state index contributed by atoms with van der Waals surface area (Å²) in [6, 6.07) is 2.82. The molecule has 1 spiro atoms. The number of aromatic nitrogens is 1. The number of hydrogen-bond acceptors (Lipinski definition) is 2. The number of rotatable bonds is 2. The van der Waals surface area contributed by atoms with Crippen LogP contribution in [0.4, 0.5) is 0 Å². The zero-order chi connectivity index (χ0) is 11.0. The van der Waals surface area contributed by atoms with Crippen LogP contribution in [0.25, 0.3) is 0 Å². The van der Waals surface area contributed by atoms with Gasteiger partial charge in [0.2, 0.25) is 0 Å². The molecule has 0 aromatic carbocycles. The molecule has 16 heavy (non-hydrogen) atoms. The van der Waals surface area contributed by atoms with Gasteiger partial charge in [-0.15, -0.1) is 0 Å². The summed E-state index contributed by atoms with van der Waals surface area (Å²) in [6.45, 7) is 6.28. The Morgan fingerprint density at radius 1 is 1.50 bits per heavy atom. The fourth-order valence-electron chi connectivity index (χ4n) is 3.03. The van der Waals surface area contributed by atoms with E-state index in [1.54, 1.807) is 0 Å². The lowest BCUT2D eigenvalue weighted by Crippen LogP contribution is -2.58. The molecule has 0 bridgehead atoms. The Morgan fingerprint density at radius 2 is 2.31 bits per heavy atom. The summed E-state index contributed by atoms with van der Waals surface area (Å²) in [6.07, 6.45) is 6.89. The van der Waals surface area contributed by atoms with Gasteiger partial charge in [0.05, 0.1) is 0 Å². The molecule has 1 N–H and O–H groups in total. The molecule has 88 valence electrons. The molecule has 3 nitrogen and oxygen atoms in total. The third kappa shape index (κ3) is 1.50. The maximum Gasteiger partial charge on any atom is 0.0472 e. The molecule has 2 saturated heterocycles. The van der Waals surface area contributed by atoms with Crippen molar-refractivity contribution in [2.45, 2.75) is 32.4 Å². The summed E-state index contributed by atoms with van der Waals surface area (Å²) in [4.78, 5) is 0. The number of nitrogens with one attached hydrogen (secondary N) is 1. The minimum atomic E-state index is 0.484. The third-order valence-corrected chi connectivity index (χ3v) is 4.23. The highest BCUT2D eigenvalue weighted by Crippen LogP contribution is 2.48. The van der Waals surface area contributed by atoms with Crippen molar-refractivity contribution in [3.05, 3.63) is 24.0 Å². The van der Waals surface area contributed by atoms with Gasteiger partial charge in [-0.2, -0.15) is 0 Å². The van der Waals surface area contributed by atoms with Crippen molar-refractivity contribution in [3.63, 3.8) is 0 Å². The van der Waals surface area contributed by atoms with Crippen LogP contribution in [0.3, 0.4) is 0 Å². The van der Waals surface area contributed by atoms with E-state index in [2.05, 4.69) is 35.3 Å². The molecule has 1 aromatic heterocycles. The highest BCUT2D eigenvalue weighted by Gasteiger charge is 2.48. The molecule has 1 atom stereocenters. The van der Waals surface area contributed by atoms with Crippen LogP contribution in [-0.4, -0.2) is 24.3 Å². The van der Waals surface area contributed by atoms with Gasteiger partial charge in [-0.05, 0) is 31.4 Å². The van der Waals surface area contributed by atoms with Gasteiger partial charge in [0.15, 0.2) is 0 Å². The standard InChI is InChI=1S/C13H20N2O/c1-2-15-6-3-11(9-15)12-13(10-14-12)4-7-16-8-5-13/h3,6,9,12,14H,2,4-5,7-8,10H2,1H3/t12-/m0/s1. The van der Waals surface area contributed by atoms with Crippen molar-refractivity contribution in [1.29, 1.82) is 0 Å². The van der Waals surface area contributed by atoms with Crippen molar-refractivity contribution >= 4 is 0 Å². The predicted octanol–water partition coefficient (Wildman–Crippen LogP) is 1.95. The maximum absolute atomic E-state index is 5.48. The van der Waals surface area contributed by atoms with Crippen LogP contribution in [0.15, 0.2) is 18.5 Å². The van der Waals surface area contributed by atoms with Crippen LogP contribution >= 0.6 is 0 Å². The molecule has 1 aromatic rings. The summed E-state index contributed by atoms with van der Waals surface area (Å²) in [7, 11) is 0. The molecule has 3 rings (SSSR count). The average Bonchev–Trinajstić information content (AvgIpc) is 2.77. The summed E-state index contributed by atoms with van der Waals surface area (Å²) in [5, 5.41) is 3.59. The number of ether oxygens (including phenoxy) is 1. The van der Waals surface area contributed by atoms with Gasteiger partial charge in [-0.3, -0.25) is 0 Å². The Hall–Kier alpha value is -0.800. The second-order valence-electron chi connectivity index (χ2n) is 5.06. The smallest absolute Gasteiger partial charge is 0.0472 e. The van der Waals surface area contributed by atoms with E-state index in [0.717, 1.165) is 19.8 Å². The van der Waals surface area contributed by atoms with E-state index in [1.807, 2.05) is 0 Å². The molecule has 0 radical (unpaired) electrons. The first kappa shape index (κ1) is 10.4. The van der Waals surface area contributed by atoms with Gasteiger partial charge >= 0.3 is 0 Å². The minimum absolute atomic E-state index is 0.484. The van der Waals surface area contributed by atoms with Gasteiger partial charge in [0.1, 0.15) is 0 Å². The highest BCUT2D eigenvalue weighted by atomic mass is 16.5. The second kappa shape index (κ2) is 3.90. The summed E-state index contributed by atoms with van der Waals surface area (Å²) >= 11 is 0. The Balaban J connectivity index is 1.79. The third-order valence-electron chi connectivity index (χ3n) is 4.23. The van der Waals surface area contributed by atoms with E-state index >= 15 is 0 Å². The molecule has 0 aliphatic carbocycles. The van der Waals surface area contributed by atoms with Gasteiger partial charge in [0, 0.05) is 50.2 Å². The number of hydrogen-bond donors (Lipinski definition) is 1. The number of aryl methyl sites for hydroxylation is 1. The van der Waals surface area contributed by atoms with Crippen LogP contribution in [-0.2, 0) is 11.3 Å². The maximum atomic E-state index is 5.48. The summed E-state index contributed by atoms with van der Waals surface area (Å²) in [5.41, 5.74) is 1.94. The molecular weight excluding hydrogens is 200 g/mol. The Kier molecular flexibility index (Phi) is 2.52. The first-order valence-electron chi connectivity index (χ1n) is 6.31. The van der Waals surface area contributed by atoms with Gasteiger partial charge in [-0.1, -0.05) is 0 Å². The van der Waals surface area contributed by atoms with Crippen LogP contribution in [0.5, 0.6) is 0 Å². The molecule has 2 aliphatic heterocycles. The second-order valence-corrected chi connectivity index (χ2v) is 5.06. The van der Waals surface area contributed by atoms with E-state index in [-0.39, 0.29) is 0 Å². The van der Waals surface area contributed by atoms with Crippen molar-refractivity contribution < 1.29 is 4.74 Å². The topological polar surface area (TPSA) is 26.2 Å². The molecule has 0 amide bonds. The first-order valence-corrected chi connectivity index (χ1v) is 6.31. The largest absolute Gasteiger partial charge is 0.381 e. The SMILES string of the molecule is CCn1ccc([C@@H]2NCC23CCOCC3)c1. The monoisotopic (exact) mass is 220 g/mol. The zero-order valence-electron chi connectivity index (χ0n) is 9.91.